The number of urea groups is 1. The molecule has 1 heterocycles. The molecule has 4 amide bonds. The molecule has 8 heteroatoms. The summed E-state index contributed by atoms with van der Waals surface area (Å²) in [5.41, 5.74) is 2.44. The first-order valence-electron chi connectivity index (χ1n) is 10.0. The van der Waals surface area contributed by atoms with Gasteiger partial charge in [-0.05, 0) is 31.2 Å². The fourth-order valence-corrected chi connectivity index (χ4v) is 3.13. The van der Waals surface area contributed by atoms with E-state index in [0.717, 1.165) is 11.3 Å². The Morgan fingerprint density at radius 1 is 0.800 bits per heavy atom. The minimum absolute atomic E-state index is 0.109. The van der Waals surface area contributed by atoms with Crippen molar-refractivity contribution in [2.75, 3.05) is 49.9 Å². The number of carbonyl (C=O) groups is 3. The molecule has 0 aromatic heterocycles. The van der Waals surface area contributed by atoms with Crippen molar-refractivity contribution in [3.05, 3.63) is 60.2 Å². The second kappa shape index (κ2) is 10.4. The van der Waals surface area contributed by atoms with Crippen molar-refractivity contribution in [1.29, 1.82) is 0 Å². The van der Waals surface area contributed by atoms with Crippen molar-refractivity contribution in [3.63, 3.8) is 0 Å². The molecule has 3 N–H and O–H groups in total. The van der Waals surface area contributed by atoms with Crippen molar-refractivity contribution < 1.29 is 14.4 Å². The van der Waals surface area contributed by atoms with Crippen LogP contribution in [0.2, 0.25) is 0 Å². The first-order valence-corrected chi connectivity index (χ1v) is 10.0. The predicted molar refractivity (Wildman–Crippen MR) is 116 cm³/mol. The average molecular weight is 409 g/mol. The molecule has 2 aromatic carbocycles. The Kier molecular flexibility index (Phi) is 7.40. The van der Waals surface area contributed by atoms with Crippen molar-refractivity contribution in [2.45, 2.75) is 6.92 Å². The molecule has 2 aromatic rings. The Morgan fingerprint density at radius 2 is 1.43 bits per heavy atom. The number of rotatable bonds is 5. The van der Waals surface area contributed by atoms with Crippen LogP contribution in [0.3, 0.4) is 0 Å². The number of hydrogen-bond acceptors (Lipinski definition) is 4. The number of aryl methyl sites for hydroxylation is 1. The largest absolute Gasteiger partial charge is 0.347 e. The van der Waals surface area contributed by atoms with E-state index in [1.165, 1.54) is 0 Å². The van der Waals surface area contributed by atoms with Crippen molar-refractivity contribution in [3.8, 4) is 0 Å². The van der Waals surface area contributed by atoms with E-state index in [9.17, 15) is 14.4 Å². The molecule has 8 nitrogen and oxygen atoms in total. The molecule has 0 atom stereocenters. The minimum Gasteiger partial charge on any atom is -0.347 e. The van der Waals surface area contributed by atoms with Gasteiger partial charge in [-0.2, -0.15) is 0 Å². The van der Waals surface area contributed by atoms with E-state index in [4.69, 9.17) is 0 Å². The number of piperazine rings is 1. The van der Waals surface area contributed by atoms with E-state index < -0.39 is 11.8 Å². The lowest BCUT2D eigenvalue weighted by molar-refractivity contribution is -0.136. The van der Waals surface area contributed by atoms with Gasteiger partial charge >= 0.3 is 17.8 Å². The first kappa shape index (κ1) is 21.3. The number of nitrogens with zero attached hydrogens (tertiary/aromatic N) is 2. The molecule has 3 rings (SSSR count). The summed E-state index contributed by atoms with van der Waals surface area (Å²) >= 11 is 0. The Bertz CT molecular complexity index is 862. The van der Waals surface area contributed by atoms with Crippen LogP contribution in [0.1, 0.15) is 5.56 Å². The molecule has 0 radical (unpaired) electrons. The summed E-state index contributed by atoms with van der Waals surface area (Å²) in [6.45, 7) is 5.60. The minimum atomic E-state index is -0.679. The number of benzene rings is 2. The number of hydrogen-bond donors (Lipinski definition) is 3. The highest BCUT2D eigenvalue weighted by Gasteiger charge is 2.21. The summed E-state index contributed by atoms with van der Waals surface area (Å²) in [7, 11) is 0. The maximum atomic E-state index is 12.3. The summed E-state index contributed by atoms with van der Waals surface area (Å²) in [6, 6.07) is 16.5. The predicted octanol–water partition coefficient (Wildman–Crippen LogP) is 1.90. The van der Waals surface area contributed by atoms with Crippen molar-refractivity contribution in [2.24, 2.45) is 0 Å². The van der Waals surface area contributed by atoms with Crippen molar-refractivity contribution in [1.82, 2.24) is 15.1 Å². The molecular weight excluding hydrogens is 382 g/mol. The Hall–Kier alpha value is -3.39. The maximum absolute atomic E-state index is 12.3. The summed E-state index contributed by atoms with van der Waals surface area (Å²) < 4.78 is 0. The third-order valence-electron chi connectivity index (χ3n) is 4.91. The van der Waals surface area contributed by atoms with Gasteiger partial charge in [0.15, 0.2) is 0 Å². The smallest absolute Gasteiger partial charge is 0.321 e. The Labute approximate surface area is 176 Å². The van der Waals surface area contributed by atoms with Crippen LogP contribution in [0.25, 0.3) is 0 Å². The summed E-state index contributed by atoms with van der Waals surface area (Å²) in [5, 5.41) is 8.11. The van der Waals surface area contributed by atoms with Gasteiger partial charge in [-0.15, -0.1) is 0 Å². The van der Waals surface area contributed by atoms with Gasteiger partial charge in [0, 0.05) is 50.6 Å². The summed E-state index contributed by atoms with van der Waals surface area (Å²) in [6.07, 6.45) is 0. The summed E-state index contributed by atoms with van der Waals surface area (Å²) in [4.78, 5) is 40.2. The van der Waals surface area contributed by atoms with Crippen LogP contribution in [0.4, 0.5) is 16.2 Å². The van der Waals surface area contributed by atoms with Crippen molar-refractivity contribution >= 4 is 29.2 Å². The zero-order valence-electron chi connectivity index (χ0n) is 17.1. The molecule has 1 saturated heterocycles. The van der Waals surface area contributed by atoms with Crippen LogP contribution in [-0.2, 0) is 9.59 Å². The fraction of sp³-hybridized carbons (Fsp3) is 0.318. The van der Waals surface area contributed by atoms with Gasteiger partial charge in [-0.3, -0.25) is 14.5 Å². The topological polar surface area (TPSA) is 93.8 Å². The maximum Gasteiger partial charge on any atom is 0.321 e. The van der Waals surface area contributed by atoms with E-state index >= 15 is 0 Å². The first-order chi connectivity index (χ1) is 14.5. The van der Waals surface area contributed by atoms with Crippen LogP contribution in [0, 0.1) is 6.92 Å². The van der Waals surface area contributed by atoms with Gasteiger partial charge in [0.05, 0.1) is 0 Å². The standard InChI is InChI=1S/C22H27N5O3/c1-17-7-9-19(10-8-17)24-21(29)20(28)23-11-12-26-13-15-27(16-14-26)22(30)25-18-5-3-2-4-6-18/h2-10H,11-16H2,1H3,(H,23,28)(H,24,29)(H,25,30). The molecule has 158 valence electrons. The van der Waals surface area contributed by atoms with Crippen LogP contribution < -0.4 is 16.0 Å². The van der Waals surface area contributed by atoms with Gasteiger partial charge < -0.3 is 20.9 Å². The molecule has 1 fully saturated rings. The lowest BCUT2D eigenvalue weighted by atomic mass is 10.2. The second-order valence-corrected chi connectivity index (χ2v) is 7.20. The highest BCUT2D eigenvalue weighted by atomic mass is 16.2. The number of anilines is 2. The third-order valence-corrected chi connectivity index (χ3v) is 4.91. The number of para-hydroxylation sites is 1. The Balaban J connectivity index is 1.33. The van der Waals surface area contributed by atoms with E-state index in [1.807, 2.05) is 49.4 Å². The lowest BCUT2D eigenvalue weighted by Crippen LogP contribution is -2.51. The lowest BCUT2D eigenvalue weighted by Gasteiger charge is -2.34. The van der Waals surface area contributed by atoms with E-state index in [2.05, 4.69) is 20.9 Å². The number of carbonyl (C=O) groups excluding carboxylic acids is 3. The molecule has 0 spiro atoms. The van der Waals surface area contributed by atoms with Crippen LogP contribution in [-0.4, -0.2) is 66.9 Å². The molecule has 30 heavy (non-hydrogen) atoms. The third kappa shape index (κ3) is 6.31. The molecule has 0 unspecified atom stereocenters. The van der Waals surface area contributed by atoms with Crippen LogP contribution in [0.15, 0.2) is 54.6 Å². The molecule has 0 bridgehead atoms. The van der Waals surface area contributed by atoms with Crippen LogP contribution in [0.5, 0.6) is 0 Å². The average Bonchev–Trinajstić information content (AvgIpc) is 2.76. The molecule has 1 aliphatic rings. The molecular formula is C22H27N5O3. The monoisotopic (exact) mass is 409 g/mol. The second-order valence-electron chi connectivity index (χ2n) is 7.20. The van der Waals surface area contributed by atoms with Gasteiger partial charge in [-0.25, -0.2) is 4.79 Å². The zero-order valence-corrected chi connectivity index (χ0v) is 17.1. The normalized spacial score (nSPS) is 14.1. The van der Waals surface area contributed by atoms with Gasteiger partial charge in [0.25, 0.3) is 0 Å². The highest BCUT2D eigenvalue weighted by Crippen LogP contribution is 2.09. The fourth-order valence-electron chi connectivity index (χ4n) is 3.13. The molecule has 0 aliphatic carbocycles. The number of nitrogens with one attached hydrogen (secondary N) is 3. The van der Waals surface area contributed by atoms with Crippen LogP contribution >= 0.6 is 0 Å². The quantitative estimate of drug-likeness (QED) is 0.658. The van der Waals surface area contributed by atoms with Gasteiger partial charge in [0.1, 0.15) is 0 Å². The van der Waals surface area contributed by atoms with Gasteiger partial charge in [0.2, 0.25) is 0 Å². The van der Waals surface area contributed by atoms with E-state index in [1.54, 1.807) is 17.0 Å². The van der Waals surface area contributed by atoms with Gasteiger partial charge in [-0.1, -0.05) is 35.9 Å². The summed E-state index contributed by atoms with van der Waals surface area (Å²) in [5.74, 6) is -1.34. The SMILES string of the molecule is Cc1ccc(NC(=O)C(=O)NCCN2CCN(C(=O)Nc3ccccc3)CC2)cc1. The van der Waals surface area contributed by atoms with E-state index in [0.29, 0.717) is 45.0 Å². The van der Waals surface area contributed by atoms with E-state index in [-0.39, 0.29) is 6.03 Å². The number of amides is 4. The molecule has 1 aliphatic heterocycles. The molecule has 0 saturated carbocycles. The zero-order chi connectivity index (χ0) is 21.3. The highest BCUT2D eigenvalue weighted by molar-refractivity contribution is 6.39. The Morgan fingerprint density at radius 3 is 2.10 bits per heavy atom.